The van der Waals surface area contributed by atoms with Crippen LogP contribution in [0.25, 0.3) is 0 Å². The third-order valence-electron chi connectivity index (χ3n) is 1.19. The molecule has 0 unspecified atom stereocenters. The largest absolute Gasteiger partial charge is 0.433 e. The third kappa shape index (κ3) is 2.14. The highest BCUT2D eigenvalue weighted by Crippen LogP contribution is 2.26. The number of halogens is 3. The normalized spacial score (nSPS) is 11.3. The van der Waals surface area contributed by atoms with Crippen LogP contribution < -0.4 is 5.73 Å². The van der Waals surface area contributed by atoms with Gasteiger partial charge in [-0.05, 0) is 6.07 Å². The van der Waals surface area contributed by atoms with Crippen molar-refractivity contribution in [1.82, 2.24) is 9.97 Å². The topological polar surface area (TPSA) is 75.7 Å². The van der Waals surface area contributed by atoms with Gasteiger partial charge in [-0.2, -0.15) is 13.2 Å². The summed E-state index contributed by atoms with van der Waals surface area (Å²) in [4.78, 5) is 6.45. The van der Waals surface area contributed by atoms with E-state index < -0.39 is 23.5 Å². The Morgan fingerprint density at radius 3 is 2.54 bits per heavy atom. The van der Waals surface area contributed by atoms with Gasteiger partial charge < -0.3 is 5.73 Å². The molecule has 0 fully saturated rings. The van der Waals surface area contributed by atoms with Crippen molar-refractivity contribution in [2.75, 3.05) is 0 Å². The zero-order valence-corrected chi connectivity index (χ0v) is 6.26. The summed E-state index contributed by atoms with van der Waals surface area (Å²) in [7, 11) is 0. The number of aromatic nitrogens is 2. The number of nitrogen functional groups attached to an aromatic ring is 1. The Morgan fingerprint density at radius 1 is 1.46 bits per heavy atom. The first-order chi connectivity index (χ1) is 5.91. The molecule has 0 saturated heterocycles. The van der Waals surface area contributed by atoms with Gasteiger partial charge >= 0.3 is 6.18 Å². The molecule has 0 aliphatic rings. The predicted molar refractivity (Wildman–Crippen MR) is 38.1 cm³/mol. The van der Waals surface area contributed by atoms with Crippen LogP contribution in [0.3, 0.4) is 0 Å². The second-order valence-electron chi connectivity index (χ2n) is 2.18. The van der Waals surface area contributed by atoms with E-state index >= 15 is 0 Å². The maximum Gasteiger partial charge on any atom is 0.433 e. The van der Waals surface area contributed by atoms with Crippen LogP contribution in [0, 0.1) is 5.41 Å². The SMILES string of the molecule is N=C(N)c1nccc(C(F)(F)F)n1. The van der Waals surface area contributed by atoms with Crippen molar-refractivity contribution < 1.29 is 13.2 Å². The molecule has 1 heterocycles. The Labute approximate surface area is 71.1 Å². The van der Waals surface area contributed by atoms with Crippen LogP contribution in [0.15, 0.2) is 12.3 Å². The number of rotatable bonds is 1. The molecule has 70 valence electrons. The Balaban J connectivity index is 3.13. The lowest BCUT2D eigenvalue weighted by Crippen LogP contribution is -2.18. The summed E-state index contributed by atoms with van der Waals surface area (Å²) < 4.78 is 36.1. The first kappa shape index (κ1) is 9.43. The molecule has 0 atom stereocenters. The molecule has 0 spiro atoms. The van der Waals surface area contributed by atoms with Gasteiger partial charge in [-0.1, -0.05) is 0 Å². The average Bonchev–Trinajstić information content (AvgIpc) is 2.03. The Morgan fingerprint density at radius 2 is 2.08 bits per heavy atom. The molecule has 0 aromatic carbocycles. The zero-order chi connectivity index (χ0) is 10.1. The molecule has 1 rings (SSSR count). The molecule has 1 aromatic rings. The molecule has 4 nitrogen and oxygen atoms in total. The van der Waals surface area contributed by atoms with Crippen LogP contribution in [0.2, 0.25) is 0 Å². The highest BCUT2D eigenvalue weighted by Gasteiger charge is 2.32. The van der Waals surface area contributed by atoms with E-state index in [0.717, 1.165) is 6.20 Å². The van der Waals surface area contributed by atoms with Crippen molar-refractivity contribution >= 4 is 5.84 Å². The summed E-state index contributed by atoms with van der Waals surface area (Å²) in [6.07, 6.45) is -3.63. The van der Waals surface area contributed by atoms with Crippen LogP contribution >= 0.6 is 0 Å². The lowest BCUT2D eigenvalue weighted by atomic mass is 10.4. The smallest absolute Gasteiger partial charge is 0.381 e. The van der Waals surface area contributed by atoms with E-state index in [2.05, 4.69) is 9.97 Å². The van der Waals surface area contributed by atoms with E-state index in [1.54, 1.807) is 0 Å². The van der Waals surface area contributed by atoms with Gasteiger partial charge in [0.2, 0.25) is 0 Å². The molecule has 7 heteroatoms. The number of hydrogen-bond acceptors (Lipinski definition) is 3. The standard InChI is InChI=1S/C6H5F3N4/c7-6(8,9)3-1-2-12-5(13-3)4(10)11/h1-2H,(H3,10,11). The Bertz CT molecular complexity index is 333. The maximum atomic E-state index is 12.0. The molecule has 0 amide bonds. The molecule has 0 aliphatic heterocycles. The highest BCUT2D eigenvalue weighted by atomic mass is 19.4. The fourth-order valence-electron chi connectivity index (χ4n) is 0.646. The van der Waals surface area contributed by atoms with E-state index in [0.29, 0.717) is 6.07 Å². The molecule has 0 saturated carbocycles. The van der Waals surface area contributed by atoms with Crippen molar-refractivity contribution in [2.45, 2.75) is 6.18 Å². The minimum absolute atomic E-state index is 0.421. The molecular formula is C6H5F3N4. The number of amidine groups is 1. The van der Waals surface area contributed by atoms with E-state index in [4.69, 9.17) is 11.1 Å². The number of nitrogens with zero attached hydrogens (tertiary/aromatic N) is 2. The molecular weight excluding hydrogens is 185 g/mol. The maximum absolute atomic E-state index is 12.0. The number of hydrogen-bond donors (Lipinski definition) is 2. The lowest BCUT2D eigenvalue weighted by Gasteiger charge is -2.05. The molecule has 13 heavy (non-hydrogen) atoms. The first-order valence-corrected chi connectivity index (χ1v) is 3.16. The van der Waals surface area contributed by atoms with Crippen molar-refractivity contribution in [2.24, 2.45) is 5.73 Å². The lowest BCUT2D eigenvalue weighted by molar-refractivity contribution is -0.141. The second kappa shape index (κ2) is 3.00. The fraction of sp³-hybridized carbons (Fsp3) is 0.167. The van der Waals surface area contributed by atoms with Gasteiger partial charge in [-0.3, -0.25) is 5.41 Å². The van der Waals surface area contributed by atoms with E-state index in [9.17, 15) is 13.2 Å². The fourth-order valence-corrected chi connectivity index (χ4v) is 0.646. The monoisotopic (exact) mass is 190 g/mol. The van der Waals surface area contributed by atoms with Crippen molar-refractivity contribution in [3.05, 3.63) is 23.8 Å². The Hall–Kier alpha value is -1.66. The van der Waals surface area contributed by atoms with Crippen LogP contribution in [-0.2, 0) is 6.18 Å². The van der Waals surface area contributed by atoms with E-state index in [1.165, 1.54) is 0 Å². The minimum Gasteiger partial charge on any atom is -0.381 e. The van der Waals surface area contributed by atoms with Gasteiger partial charge in [0.1, 0.15) is 5.69 Å². The van der Waals surface area contributed by atoms with Gasteiger partial charge in [0, 0.05) is 6.20 Å². The van der Waals surface area contributed by atoms with Gasteiger partial charge in [0.15, 0.2) is 11.7 Å². The molecule has 3 N–H and O–H groups in total. The van der Waals surface area contributed by atoms with Crippen molar-refractivity contribution in [1.29, 1.82) is 5.41 Å². The minimum atomic E-state index is -4.53. The second-order valence-corrected chi connectivity index (χ2v) is 2.18. The van der Waals surface area contributed by atoms with Gasteiger partial charge in [-0.15, -0.1) is 0 Å². The molecule has 1 aromatic heterocycles. The highest BCUT2D eigenvalue weighted by molar-refractivity contribution is 5.91. The number of nitrogens with one attached hydrogen (secondary N) is 1. The summed E-state index contributed by atoms with van der Waals surface area (Å²) in [5.74, 6) is -1.01. The third-order valence-corrected chi connectivity index (χ3v) is 1.19. The predicted octanol–water partition coefficient (Wildman–Crippen LogP) is 0.779. The summed E-state index contributed by atoms with van der Waals surface area (Å²) in [6, 6.07) is 0.715. The van der Waals surface area contributed by atoms with Gasteiger partial charge in [0.25, 0.3) is 0 Å². The van der Waals surface area contributed by atoms with E-state index in [1.807, 2.05) is 0 Å². The molecule has 0 radical (unpaired) electrons. The molecule has 0 aliphatic carbocycles. The average molecular weight is 190 g/mol. The summed E-state index contributed by atoms with van der Waals surface area (Å²) in [5.41, 5.74) is 3.81. The van der Waals surface area contributed by atoms with Crippen LogP contribution in [-0.4, -0.2) is 15.8 Å². The molecule has 0 bridgehead atoms. The summed E-state index contributed by atoms with van der Waals surface area (Å²) >= 11 is 0. The summed E-state index contributed by atoms with van der Waals surface area (Å²) in [6.45, 7) is 0. The van der Waals surface area contributed by atoms with Gasteiger partial charge in [0.05, 0.1) is 0 Å². The van der Waals surface area contributed by atoms with Crippen molar-refractivity contribution in [3.8, 4) is 0 Å². The zero-order valence-electron chi connectivity index (χ0n) is 6.26. The number of nitrogens with two attached hydrogens (primary N) is 1. The van der Waals surface area contributed by atoms with E-state index in [-0.39, 0.29) is 0 Å². The number of alkyl halides is 3. The van der Waals surface area contributed by atoms with Crippen LogP contribution in [0.4, 0.5) is 13.2 Å². The van der Waals surface area contributed by atoms with Crippen LogP contribution in [0.1, 0.15) is 11.5 Å². The first-order valence-electron chi connectivity index (χ1n) is 3.16. The summed E-state index contributed by atoms with van der Waals surface area (Å²) in [5, 5.41) is 6.82. The van der Waals surface area contributed by atoms with Crippen LogP contribution in [0.5, 0.6) is 0 Å². The Kier molecular flexibility index (Phi) is 2.18. The quantitative estimate of drug-likeness (QED) is 0.507. The van der Waals surface area contributed by atoms with Gasteiger partial charge in [-0.25, -0.2) is 9.97 Å². The van der Waals surface area contributed by atoms with Crippen molar-refractivity contribution in [3.63, 3.8) is 0 Å².